The summed E-state index contributed by atoms with van der Waals surface area (Å²) in [5.74, 6) is 0. The van der Waals surface area contributed by atoms with Gasteiger partial charge in [0, 0.05) is 0 Å². The fourth-order valence-electron chi connectivity index (χ4n) is 2.80. The Hall–Kier alpha value is 1.51. The van der Waals surface area contributed by atoms with Crippen molar-refractivity contribution in [2.24, 2.45) is 0 Å². The molecule has 0 saturated heterocycles. The summed E-state index contributed by atoms with van der Waals surface area (Å²) in [4.78, 5) is 0. The van der Waals surface area contributed by atoms with Gasteiger partial charge in [0.1, 0.15) is 10.1 Å². The third-order valence-electron chi connectivity index (χ3n) is 4.25. The van der Waals surface area contributed by atoms with E-state index in [1.807, 2.05) is 0 Å². The van der Waals surface area contributed by atoms with Gasteiger partial charge < -0.3 is 9.66 Å². The summed E-state index contributed by atoms with van der Waals surface area (Å²) in [7, 11) is -4.41. The van der Waals surface area contributed by atoms with Crippen LogP contribution in [0.3, 0.4) is 0 Å². The summed E-state index contributed by atoms with van der Waals surface area (Å²) < 4.78 is 34.0. The molecule has 0 fully saturated rings. The van der Waals surface area contributed by atoms with Gasteiger partial charge in [-0.3, -0.25) is 0 Å². The molecule has 0 heterocycles. The van der Waals surface area contributed by atoms with Crippen molar-refractivity contribution in [3.05, 3.63) is 0 Å². The fourth-order valence-corrected chi connectivity index (χ4v) is 3.77. The molecule has 0 aliphatic carbocycles. The van der Waals surface area contributed by atoms with E-state index in [1.54, 1.807) is 0 Å². The minimum atomic E-state index is -4.41. The summed E-state index contributed by atoms with van der Waals surface area (Å²) in [6.45, 7) is 4.26. The molecule has 0 spiro atoms. The number of aliphatic hydroxyl groups is 1. The average molecular weight is 375 g/mol. The van der Waals surface area contributed by atoms with Crippen molar-refractivity contribution in [1.82, 2.24) is 0 Å². The summed E-state index contributed by atoms with van der Waals surface area (Å²) in [6, 6.07) is 0. The zero-order chi connectivity index (χ0) is 16.8. The van der Waals surface area contributed by atoms with E-state index in [9.17, 15) is 18.1 Å². The molecule has 2 atom stereocenters. The minimum Gasteiger partial charge on any atom is -0.748 e. The maximum atomic E-state index is 11.3. The first kappa shape index (κ1) is 26.7. The van der Waals surface area contributed by atoms with Crippen molar-refractivity contribution >= 4 is 10.1 Å². The van der Waals surface area contributed by atoms with Crippen molar-refractivity contribution in [2.45, 2.75) is 109 Å². The molecule has 2 unspecified atom stereocenters. The standard InChI is InChI=1S/C17H36O4S.K/c1-3-5-7-9-10-11-12-14-16(18)17(22(19,20)21)15-13-8-6-4-2;/h16-18H,3-15H2,1-2H3,(H,19,20,21);/q;+1/p-1. The topological polar surface area (TPSA) is 77.4 Å². The molecule has 134 valence electrons. The zero-order valence-corrected chi connectivity index (χ0v) is 19.4. The van der Waals surface area contributed by atoms with E-state index >= 15 is 0 Å². The molecule has 23 heavy (non-hydrogen) atoms. The van der Waals surface area contributed by atoms with Crippen LogP contribution in [0.1, 0.15) is 97.3 Å². The Morgan fingerprint density at radius 1 is 0.783 bits per heavy atom. The van der Waals surface area contributed by atoms with Gasteiger partial charge in [0.25, 0.3) is 0 Å². The van der Waals surface area contributed by atoms with Crippen molar-refractivity contribution in [3.63, 3.8) is 0 Å². The smallest absolute Gasteiger partial charge is 0.748 e. The van der Waals surface area contributed by atoms with Crippen LogP contribution in [0.4, 0.5) is 0 Å². The van der Waals surface area contributed by atoms with E-state index in [4.69, 9.17) is 0 Å². The van der Waals surface area contributed by atoms with Crippen LogP contribution in [0.15, 0.2) is 0 Å². The summed E-state index contributed by atoms with van der Waals surface area (Å²) >= 11 is 0. The number of aliphatic hydroxyl groups excluding tert-OH is 1. The van der Waals surface area contributed by atoms with Crippen LogP contribution >= 0.6 is 0 Å². The van der Waals surface area contributed by atoms with Gasteiger partial charge in [-0.2, -0.15) is 0 Å². The van der Waals surface area contributed by atoms with E-state index in [0.29, 0.717) is 19.3 Å². The Bertz CT molecular complexity index is 347. The van der Waals surface area contributed by atoms with Gasteiger partial charge in [0.15, 0.2) is 0 Å². The second kappa shape index (κ2) is 16.9. The molecular weight excluding hydrogens is 339 g/mol. The summed E-state index contributed by atoms with van der Waals surface area (Å²) in [6.07, 6.45) is 11.3. The van der Waals surface area contributed by atoms with Crippen LogP contribution in [0.2, 0.25) is 0 Å². The van der Waals surface area contributed by atoms with Crippen LogP contribution in [0, 0.1) is 0 Å². The van der Waals surface area contributed by atoms with E-state index < -0.39 is 21.5 Å². The second-order valence-electron chi connectivity index (χ2n) is 6.36. The molecule has 0 aliphatic rings. The second-order valence-corrected chi connectivity index (χ2v) is 7.95. The van der Waals surface area contributed by atoms with Gasteiger partial charge in [-0.05, 0) is 12.8 Å². The predicted molar refractivity (Wildman–Crippen MR) is 90.9 cm³/mol. The van der Waals surface area contributed by atoms with Gasteiger partial charge in [0.2, 0.25) is 0 Å². The number of hydrogen-bond donors (Lipinski definition) is 1. The molecule has 0 amide bonds. The third kappa shape index (κ3) is 15.5. The number of hydrogen-bond acceptors (Lipinski definition) is 4. The Kier molecular flexibility index (Phi) is 19.7. The maximum absolute atomic E-state index is 11.3. The first-order chi connectivity index (χ1) is 10.4. The molecular formula is C17H35KO4S. The van der Waals surface area contributed by atoms with Crippen molar-refractivity contribution < 1.29 is 69.5 Å². The third-order valence-corrected chi connectivity index (χ3v) is 5.54. The molecule has 0 aliphatic heterocycles. The fraction of sp³-hybridized carbons (Fsp3) is 1.00. The van der Waals surface area contributed by atoms with Gasteiger partial charge in [-0.25, -0.2) is 8.42 Å². The SMILES string of the molecule is CCCCCCCCCC(O)C(CCCCCC)S(=O)(=O)[O-].[K+]. The molecule has 6 heteroatoms. The van der Waals surface area contributed by atoms with E-state index in [0.717, 1.165) is 38.5 Å². The minimum absolute atomic E-state index is 0. The normalized spacial score (nSPS) is 14.3. The Labute approximate surface area is 186 Å². The number of rotatable bonds is 15. The van der Waals surface area contributed by atoms with Gasteiger partial charge in [-0.15, -0.1) is 0 Å². The molecule has 0 bridgehead atoms. The first-order valence-electron chi connectivity index (χ1n) is 9.06. The summed E-state index contributed by atoms with van der Waals surface area (Å²) in [5, 5.41) is 8.94. The average Bonchev–Trinajstić information content (AvgIpc) is 2.44. The van der Waals surface area contributed by atoms with Crippen LogP contribution in [0.5, 0.6) is 0 Å². The Morgan fingerprint density at radius 3 is 1.65 bits per heavy atom. The quantitative estimate of drug-likeness (QED) is 0.267. The molecule has 4 nitrogen and oxygen atoms in total. The van der Waals surface area contributed by atoms with Gasteiger partial charge >= 0.3 is 51.4 Å². The summed E-state index contributed by atoms with van der Waals surface area (Å²) in [5.41, 5.74) is 0. The number of unbranched alkanes of at least 4 members (excludes halogenated alkanes) is 9. The molecule has 1 N–H and O–H groups in total. The van der Waals surface area contributed by atoms with E-state index in [2.05, 4.69) is 13.8 Å². The zero-order valence-electron chi connectivity index (χ0n) is 15.4. The predicted octanol–water partition coefficient (Wildman–Crippen LogP) is 1.38. The van der Waals surface area contributed by atoms with Crippen LogP contribution < -0.4 is 51.4 Å². The monoisotopic (exact) mass is 374 g/mol. The van der Waals surface area contributed by atoms with Crippen molar-refractivity contribution in [1.29, 1.82) is 0 Å². The maximum Gasteiger partial charge on any atom is 1.00 e. The molecule has 0 aromatic heterocycles. The van der Waals surface area contributed by atoms with Gasteiger partial charge in [0.05, 0.1) is 11.4 Å². The van der Waals surface area contributed by atoms with Crippen molar-refractivity contribution in [3.8, 4) is 0 Å². The Morgan fingerprint density at radius 2 is 1.17 bits per heavy atom. The van der Waals surface area contributed by atoms with Crippen molar-refractivity contribution in [2.75, 3.05) is 0 Å². The largest absolute Gasteiger partial charge is 1.00 e. The van der Waals surface area contributed by atoms with E-state index in [-0.39, 0.29) is 51.4 Å². The molecule has 0 aromatic carbocycles. The van der Waals surface area contributed by atoms with Crippen LogP contribution in [-0.2, 0) is 10.1 Å². The molecule has 0 aromatic rings. The molecule has 0 radical (unpaired) electrons. The molecule has 0 saturated carbocycles. The van der Waals surface area contributed by atoms with Crippen LogP contribution in [0.25, 0.3) is 0 Å². The van der Waals surface area contributed by atoms with E-state index in [1.165, 1.54) is 25.7 Å². The molecule has 0 rings (SSSR count). The van der Waals surface area contributed by atoms with Gasteiger partial charge in [-0.1, -0.05) is 84.5 Å². The van der Waals surface area contributed by atoms with Crippen LogP contribution in [-0.4, -0.2) is 29.4 Å². The Balaban J connectivity index is 0. The first-order valence-corrected chi connectivity index (χ1v) is 10.5.